The molecular formula is C18H17BrFNO3. The van der Waals surface area contributed by atoms with Gasteiger partial charge in [-0.15, -0.1) is 0 Å². The van der Waals surface area contributed by atoms with Crippen molar-refractivity contribution >= 4 is 21.8 Å². The average Bonchev–Trinajstić information content (AvgIpc) is 2.53. The second kappa shape index (κ2) is 6.43. The Morgan fingerprint density at radius 1 is 1.12 bits per heavy atom. The molecule has 3 rings (SSSR count). The predicted octanol–water partition coefficient (Wildman–Crippen LogP) is 4.02. The Bertz CT molecular complexity index is 792. The van der Waals surface area contributed by atoms with Gasteiger partial charge in [0.05, 0.1) is 11.1 Å². The van der Waals surface area contributed by atoms with Crippen LogP contribution in [0.15, 0.2) is 40.9 Å². The third-order valence-electron chi connectivity index (χ3n) is 3.87. The van der Waals surface area contributed by atoms with E-state index in [0.717, 1.165) is 5.56 Å². The van der Waals surface area contributed by atoms with Crippen LogP contribution in [0.3, 0.4) is 0 Å². The van der Waals surface area contributed by atoms with E-state index in [1.165, 1.54) is 18.2 Å². The molecule has 0 unspecified atom stereocenters. The Morgan fingerprint density at radius 2 is 1.83 bits per heavy atom. The number of benzene rings is 2. The van der Waals surface area contributed by atoms with Crippen LogP contribution in [0, 0.1) is 5.82 Å². The number of amides is 1. The van der Waals surface area contributed by atoms with Gasteiger partial charge in [-0.05, 0) is 65.7 Å². The molecule has 2 aromatic carbocycles. The number of hydrogen-bond acceptors (Lipinski definition) is 3. The fourth-order valence-corrected chi connectivity index (χ4v) is 3.06. The Kier molecular flexibility index (Phi) is 4.49. The third-order valence-corrected chi connectivity index (χ3v) is 4.52. The van der Waals surface area contributed by atoms with Crippen molar-refractivity contribution in [1.82, 2.24) is 5.32 Å². The quantitative estimate of drug-likeness (QED) is 0.856. The third kappa shape index (κ3) is 3.38. The SMILES string of the molecule is CC(C)(NC(=O)c1ccc(F)cc1Br)c1ccc2c(c1)OCCO2. The van der Waals surface area contributed by atoms with E-state index in [9.17, 15) is 9.18 Å². The summed E-state index contributed by atoms with van der Waals surface area (Å²) < 4.78 is 24.7. The van der Waals surface area contributed by atoms with Gasteiger partial charge in [0.15, 0.2) is 11.5 Å². The molecule has 1 N–H and O–H groups in total. The lowest BCUT2D eigenvalue weighted by molar-refractivity contribution is 0.0911. The van der Waals surface area contributed by atoms with Crippen molar-refractivity contribution in [2.75, 3.05) is 13.2 Å². The molecule has 0 saturated heterocycles. The van der Waals surface area contributed by atoms with E-state index in [1.54, 1.807) is 0 Å². The molecule has 0 aromatic heterocycles. The van der Waals surface area contributed by atoms with Gasteiger partial charge in [-0.3, -0.25) is 4.79 Å². The maximum absolute atomic E-state index is 13.2. The fourth-order valence-electron chi connectivity index (χ4n) is 2.53. The van der Waals surface area contributed by atoms with Crippen LogP contribution >= 0.6 is 15.9 Å². The summed E-state index contributed by atoms with van der Waals surface area (Å²) in [4.78, 5) is 12.5. The molecule has 0 aliphatic carbocycles. The predicted molar refractivity (Wildman–Crippen MR) is 92.0 cm³/mol. The number of hydrogen-bond donors (Lipinski definition) is 1. The summed E-state index contributed by atoms with van der Waals surface area (Å²) in [5, 5.41) is 2.97. The fraction of sp³-hybridized carbons (Fsp3) is 0.278. The second-order valence-electron chi connectivity index (χ2n) is 6.06. The first kappa shape index (κ1) is 16.8. The Balaban J connectivity index is 1.84. The molecule has 0 fully saturated rings. The van der Waals surface area contributed by atoms with Crippen molar-refractivity contribution in [2.24, 2.45) is 0 Å². The maximum Gasteiger partial charge on any atom is 0.253 e. The van der Waals surface area contributed by atoms with Crippen molar-refractivity contribution in [3.63, 3.8) is 0 Å². The van der Waals surface area contributed by atoms with Crippen LogP contribution in [0.1, 0.15) is 29.8 Å². The number of carbonyl (C=O) groups excluding carboxylic acids is 1. The van der Waals surface area contributed by atoms with E-state index in [1.807, 2.05) is 32.0 Å². The lowest BCUT2D eigenvalue weighted by Crippen LogP contribution is -2.41. The Labute approximate surface area is 148 Å². The zero-order valence-corrected chi connectivity index (χ0v) is 14.9. The lowest BCUT2D eigenvalue weighted by Gasteiger charge is -2.29. The zero-order chi connectivity index (χ0) is 17.3. The summed E-state index contributed by atoms with van der Waals surface area (Å²) in [5.41, 5.74) is 0.626. The molecule has 0 saturated carbocycles. The molecule has 0 spiro atoms. The van der Waals surface area contributed by atoms with Crippen LogP contribution in [0.5, 0.6) is 11.5 Å². The van der Waals surface area contributed by atoms with E-state index in [4.69, 9.17) is 9.47 Å². The van der Waals surface area contributed by atoms with Gasteiger partial charge in [-0.1, -0.05) is 6.07 Å². The molecule has 1 heterocycles. The molecule has 2 aromatic rings. The van der Waals surface area contributed by atoms with Gasteiger partial charge in [0.1, 0.15) is 19.0 Å². The van der Waals surface area contributed by atoms with Gasteiger partial charge in [0.25, 0.3) is 5.91 Å². The summed E-state index contributed by atoms with van der Waals surface area (Å²) in [6, 6.07) is 9.59. The topological polar surface area (TPSA) is 47.6 Å². The van der Waals surface area contributed by atoms with Crippen molar-refractivity contribution in [1.29, 1.82) is 0 Å². The summed E-state index contributed by atoms with van der Waals surface area (Å²) >= 11 is 3.22. The van der Waals surface area contributed by atoms with Gasteiger partial charge >= 0.3 is 0 Å². The molecule has 6 heteroatoms. The number of nitrogens with one attached hydrogen (secondary N) is 1. The highest BCUT2D eigenvalue weighted by Crippen LogP contribution is 2.34. The number of carbonyl (C=O) groups is 1. The Hall–Kier alpha value is -2.08. The van der Waals surface area contributed by atoms with E-state index in [-0.39, 0.29) is 5.91 Å². The highest BCUT2D eigenvalue weighted by Gasteiger charge is 2.26. The van der Waals surface area contributed by atoms with Crippen molar-refractivity contribution in [2.45, 2.75) is 19.4 Å². The zero-order valence-electron chi connectivity index (χ0n) is 13.4. The molecule has 1 amide bonds. The maximum atomic E-state index is 13.2. The second-order valence-corrected chi connectivity index (χ2v) is 6.92. The smallest absolute Gasteiger partial charge is 0.253 e. The van der Waals surface area contributed by atoms with Crippen LogP contribution in [0.25, 0.3) is 0 Å². The van der Waals surface area contributed by atoms with E-state index >= 15 is 0 Å². The first-order chi connectivity index (χ1) is 11.4. The summed E-state index contributed by atoms with van der Waals surface area (Å²) in [7, 11) is 0. The van der Waals surface area contributed by atoms with Crippen molar-refractivity contribution < 1.29 is 18.7 Å². The normalized spacial score (nSPS) is 13.5. The van der Waals surface area contributed by atoms with Crippen LogP contribution in [0.2, 0.25) is 0 Å². The van der Waals surface area contributed by atoms with Crippen LogP contribution in [-0.2, 0) is 5.54 Å². The summed E-state index contributed by atoms with van der Waals surface area (Å²) in [5.74, 6) is 0.684. The molecule has 0 bridgehead atoms. The molecule has 1 aliphatic heterocycles. The standard InChI is InChI=1S/C18H17BrFNO3/c1-18(2,11-3-6-15-16(9-11)24-8-7-23-15)21-17(22)13-5-4-12(20)10-14(13)19/h3-6,9-10H,7-8H2,1-2H3,(H,21,22). The van der Waals surface area contributed by atoms with Crippen LogP contribution < -0.4 is 14.8 Å². The largest absolute Gasteiger partial charge is 0.486 e. The first-order valence-electron chi connectivity index (χ1n) is 7.54. The number of fused-ring (bicyclic) bond motifs is 1. The lowest BCUT2D eigenvalue weighted by atomic mass is 9.93. The minimum Gasteiger partial charge on any atom is -0.486 e. The highest BCUT2D eigenvalue weighted by molar-refractivity contribution is 9.10. The molecule has 0 radical (unpaired) electrons. The molecule has 4 nitrogen and oxygen atoms in total. The average molecular weight is 394 g/mol. The highest BCUT2D eigenvalue weighted by atomic mass is 79.9. The molecule has 126 valence electrons. The van der Waals surface area contributed by atoms with Crippen LogP contribution in [0.4, 0.5) is 4.39 Å². The molecule has 1 aliphatic rings. The monoisotopic (exact) mass is 393 g/mol. The molecule has 0 atom stereocenters. The van der Waals surface area contributed by atoms with Gasteiger partial charge in [0, 0.05) is 4.47 Å². The van der Waals surface area contributed by atoms with E-state index < -0.39 is 11.4 Å². The van der Waals surface area contributed by atoms with Crippen molar-refractivity contribution in [3.8, 4) is 11.5 Å². The van der Waals surface area contributed by atoms with Crippen molar-refractivity contribution in [3.05, 3.63) is 57.8 Å². The number of ether oxygens (including phenoxy) is 2. The summed E-state index contributed by atoms with van der Waals surface area (Å²) in [6.45, 7) is 4.83. The summed E-state index contributed by atoms with van der Waals surface area (Å²) in [6.07, 6.45) is 0. The Morgan fingerprint density at radius 3 is 2.54 bits per heavy atom. The van der Waals surface area contributed by atoms with Gasteiger partial charge < -0.3 is 14.8 Å². The number of halogens is 2. The minimum absolute atomic E-state index is 0.290. The van der Waals surface area contributed by atoms with Crippen LogP contribution in [-0.4, -0.2) is 19.1 Å². The number of rotatable bonds is 3. The van der Waals surface area contributed by atoms with Gasteiger partial charge in [0.2, 0.25) is 0 Å². The minimum atomic E-state index is -0.638. The first-order valence-corrected chi connectivity index (χ1v) is 8.34. The van der Waals surface area contributed by atoms with E-state index in [2.05, 4.69) is 21.2 Å². The van der Waals surface area contributed by atoms with E-state index in [0.29, 0.717) is 34.7 Å². The molecular weight excluding hydrogens is 377 g/mol. The van der Waals surface area contributed by atoms with Gasteiger partial charge in [-0.25, -0.2) is 4.39 Å². The molecule has 24 heavy (non-hydrogen) atoms. The van der Waals surface area contributed by atoms with Gasteiger partial charge in [-0.2, -0.15) is 0 Å².